The average molecular weight is 224 g/mol. The van der Waals surface area contributed by atoms with Gasteiger partial charge in [0.2, 0.25) is 0 Å². The van der Waals surface area contributed by atoms with E-state index in [0.29, 0.717) is 11.5 Å². The summed E-state index contributed by atoms with van der Waals surface area (Å²) in [6.07, 6.45) is 8.47. The zero-order valence-corrected chi connectivity index (χ0v) is 11.1. The van der Waals surface area contributed by atoms with Crippen LogP contribution in [0.5, 0.6) is 0 Å². The van der Waals surface area contributed by atoms with Crippen molar-refractivity contribution in [2.24, 2.45) is 5.41 Å². The molecule has 0 amide bonds. The summed E-state index contributed by atoms with van der Waals surface area (Å²) in [6, 6.07) is 0.708. The third-order valence-corrected chi connectivity index (χ3v) is 4.44. The van der Waals surface area contributed by atoms with E-state index in [1.165, 1.54) is 64.7 Å². The van der Waals surface area contributed by atoms with Gasteiger partial charge in [0.25, 0.3) is 0 Å². The first kappa shape index (κ1) is 12.4. The predicted octanol–water partition coefficient (Wildman–Crippen LogP) is 2.64. The predicted molar refractivity (Wildman–Crippen MR) is 69.7 cm³/mol. The molecule has 1 atom stereocenters. The minimum absolute atomic E-state index is 0.635. The van der Waals surface area contributed by atoms with Crippen LogP contribution >= 0.6 is 0 Å². The van der Waals surface area contributed by atoms with E-state index in [-0.39, 0.29) is 0 Å². The Hall–Kier alpha value is -0.0800. The maximum absolute atomic E-state index is 3.58. The quantitative estimate of drug-likeness (QED) is 0.776. The standard InChI is InChI=1S/C14H28N2/c1-13-6-11-16(10-5-9-15-13)12-14(2)7-3-4-8-14/h13,15H,3-12H2,1-2H3. The Morgan fingerprint density at radius 1 is 1.19 bits per heavy atom. The van der Waals surface area contributed by atoms with Crippen LogP contribution in [0.2, 0.25) is 0 Å². The second-order valence-electron chi connectivity index (χ2n) is 6.29. The molecule has 1 saturated heterocycles. The molecule has 0 bridgehead atoms. The van der Waals surface area contributed by atoms with Crippen molar-refractivity contribution in [3.05, 3.63) is 0 Å². The van der Waals surface area contributed by atoms with E-state index < -0.39 is 0 Å². The monoisotopic (exact) mass is 224 g/mol. The van der Waals surface area contributed by atoms with Crippen molar-refractivity contribution in [3.8, 4) is 0 Å². The highest BCUT2D eigenvalue weighted by atomic mass is 15.1. The third-order valence-electron chi connectivity index (χ3n) is 4.44. The molecule has 1 N–H and O–H groups in total. The molecule has 2 nitrogen and oxygen atoms in total. The van der Waals surface area contributed by atoms with Crippen LogP contribution in [0, 0.1) is 5.41 Å². The Labute approximate surface area is 101 Å². The van der Waals surface area contributed by atoms with Crippen LogP contribution in [0.25, 0.3) is 0 Å². The summed E-state index contributed by atoms with van der Waals surface area (Å²) in [5.41, 5.74) is 0.635. The summed E-state index contributed by atoms with van der Waals surface area (Å²) in [7, 11) is 0. The van der Waals surface area contributed by atoms with Crippen LogP contribution in [-0.2, 0) is 0 Å². The zero-order chi connectivity index (χ0) is 11.4. The molecule has 1 unspecified atom stereocenters. The Balaban J connectivity index is 1.82. The zero-order valence-electron chi connectivity index (χ0n) is 11.1. The summed E-state index contributed by atoms with van der Waals surface area (Å²) in [5, 5.41) is 3.58. The number of hydrogen-bond acceptors (Lipinski definition) is 2. The van der Waals surface area contributed by atoms with Gasteiger partial charge in [0.05, 0.1) is 0 Å². The van der Waals surface area contributed by atoms with E-state index in [0.717, 1.165) is 0 Å². The fourth-order valence-corrected chi connectivity index (χ4v) is 3.33. The van der Waals surface area contributed by atoms with Crippen LogP contribution in [0.4, 0.5) is 0 Å². The van der Waals surface area contributed by atoms with Gasteiger partial charge in [0.15, 0.2) is 0 Å². The molecule has 16 heavy (non-hydrogen) atoms. The Bertz CT molecular complexity index is 209. The highest BCUT2D eigenvalue weighted by molar-refractivity contribution is 4.84. The van der Waals surface area contributed by atoms with Gasteiger partial charge in [-0.25, -0.2) is 0 Å². The molecule has 0 spiro atoms. The van der Waals surface area contributed by atoms with Gasteiger partial charge in [-0.05, 0) is 57.7 Å². The van der Waals surface area contributed by atoms with Crippen LogP contribution in [-0.4, -0.2) is 37.1 Å². The van der Waals surface area contributed by atoms with Crippen LogP contribution in [0.1, 0.15) is 52.4 Å². The van der Waals surface area contributed by atoms with Gasteiger partial charge < -0.3 is 10.2 Å². The van der Waals surface area contributed by atoms with Gasteiger partial charge >= 0.3 is 0 Å². The van der Waals surface area contributed by atoms with Gasteiger partial charge in [-0.3, -0.25) is 0 Å². The lowest BCUT2D eigenvalue weighted by atomic mass is 9.88. The van der Waals surface area contributed by atoms with Crippen LogP contribution < -0.4 is 5.32 Å². The van der Waals surface area contributed by atoms with E-state index in [1.807, 2.05) is 0 Å². The van der Waals surface area contributed by atoms with Crippen molar-refractivity contribution in [3.63, 3.8) is 0 Å². The van der Waals surface area contributed by atoms with Crippen molar-refractivity contribution in [1.29, 1.82) is 0 Å². The molecule has 1 saturated carbocycles. The Morgan fingerprint density at radius 3 is 2.69 bits per heavy atom. The molecule has 2 fully saturated rings. The first-order chi connectivity index (χ1) is 7.68. The minimum Gasteiger partial charge on any atom is -0.314 e. The van der Waals surface area contributed by atoms with E-state index in [9.17, 15) is 0 Å². The number of rotatable bonds is 2. The molecule has 0 aromatic carbocycles. The summed E-state index contributed by atoms with van der Waals surface area (Å²) in [5.74, 6) is 0. The van der Waals surface area contributed by atoms with Crippen molar-refractivity contribution < 1.29 is 0 Å². The lowest BCUT2D eigenvalue weighted by molar-refractivity contribution is 0.152. The van der Waals surface area contributed by atoms with Crippen molar-refractivity contribution in [1.82, 2.24) is 10.2 Å². The topological polar surface area (TPSA) is 15.3 Å². The maximum Gasteiger partial charge on any atom is 0.00509 e. The number of nitrogens with one attached hydrogen (secondary N) is 1. The molecule has 2 aliphatic rings. The average Bonchev–Trinajstić information content (AvgIpc) is 2.65. The van der Waals surface area contributed by atoms with E-state index in [4.69, 9.17) is 0 Å². The van der Waals surface area contributed by atoms with Crippen LogP contribution in [0.15, 0.2) is 0 Å². The minimum atomic E-state index is 0.635. The normalized spacial score (nSPS) is 32.2. The van der Waals surface area contributed by atoms with Crippen molar-refractivity contribution in [2.75, 3.05) is 26.2 Å². The molecule has 2 rings (SSSR count). The molecule has 1 aliphatic heterocycles. The van der Waals surface area contributed by atoms with Gasteiger partial charge in [0, 0.05) is 12.6 Å². The number of nitrogens with zero attached hydrogens (tertiary/aromatic N) is 1. The third kappa shape index (κ3) is 3.46. The van der Waals surface area contributed by atoms with Gasteiger partial charge in [0.1, 0.15) is 0 Å². The van der Waals surface area contributed by atoms with E-state index >= 15 is 0 Å². The molecule has 1 heterocycles. The largest absolute Gasteiger partial charge is 0.314 e. The second kappa shape index (κ2) is 5.50. The highest BCUT2D eigenvalue weighted by Gasteiger charge is 2.30. The Morgan fingerprint density at radius 2 is 1.94 bits per heavy atom. The molecular weight excluding hydrogens is 196 g/mol. The van der Waals surface area contributed by atoms with Gasteiger partial charge in [-0.15, -0.1) is 0 Å². The van der Waals surface area contributed by atoms with Gasteiger partial charge in [-0.1, -0.05) is 19.8 Å². The first-order valence-electron chi connectivity index (χ1n) is 7.14. The molecule has 94 valence electrons. The first-order valence-corrected chi connectivity index (χ1v) is 7.14. The summed E-state index contributed by atoms with van der Waals surface area (Å²) in [6.45, 7) is 9.97. The second-order valence-corrected chi connectivity index (χ2v) is 6.29. The molecule has 0 aromatic heterocycles. The molecular formula is C14H28N2. The van der Waals surface area contributed by atoms with E-state index in [1.54, 1.807) is 0 Å². The maximum atomic E-state index is 3.58. The SMILES string of the molecule is CC1CCN(CC2(C)CCCC2)CCCN1. The Kier molecular flexibility index (Phi) is 4.26. The molecule has 1 aliphatic carbocycles. The summed E-state index contributed by atoms with van der Waals surface area (Å²) < 4.78 is 0. The van der Waals surface area contributed by atoms with Crippen molar-refractivity contribution >= 4 is 0 Å². The summed E-state index contributed by atoms with van der Waals surface area (Å²) in [4.78, 5) is 2.72. The number of hydrogen-bond donors (Lipinski definition) is 1. The molecule has 0 radical (unpaired) electrons. The van der Waals surface area contributed by atoms with Crippen molar-refractivity contribution in [2.45, 2.75) is 58.4 Å². The lowest BCUT2D eigenvalue weighted by Gasteiger charge is -2.34. The fraction of sp³-hybridized carbons (Fsp3) is 1.00. The summed E-state index contributed by atoms with van der Waals surface area (Å²) >= 11 is 0. The molecule has 2 heteroatoms. The fourth-order valence-electron chi connectivity index (χ4n) is 3.33. The highest BCUT2D eigenvalue weighted by Crippen LogP contribution is 2.38. The smallest absolute Gasteiger partial charge is 0.00509 e. The molecule has 0 aromatic rings. The lowest BCUT2D eigenvalue weighted by Crippen LogP contribution is -2.42. The van der Waals surface area contributed by atoms with E-state index in [2.05, 4.69) is 24.1 Å². The van der Waals surface area contributed by atoms with Crippen LogP contribution in [0.3, 0.4) is 0 Å². The van der Waals surface area contributed by atoms with Gasteiger partial charge in [-0.2, -0.15) is 0 Å².